The van der Waals surface area contributed by atoms with Gasteiger partial charge in [0.2, 0.25) is 0 Å². The Morgan fingerprint density at radius 3 is 2.89 bits per heavy atom. The number of hydrogen-bond donors (Lipinski definition) is 4. The van der Waals surface area contributed by atoms with Crippen LogP contribution >= 0.6 is 0 Å². The van der Waals surface area contributed by atoms with Gasteiger partial charge < -0.3 is 21.3 Å². The molecule has 0 aliphatic carbocycles. The Labute approximate surface area is 108 Å². The van der Waals surface area contributed by atoms with Gasteiger partial charge in [0.15, 0.2) is 0 Å². The smallest absolute Gasteiger partial charge is 0.0951 e. The molecule has 0 spiro atoms. The zero-order valence-electron chi connectivity index (χ0n) is 10.5. The molecule has 100 valence electrons. The minimum absolute atomic E-state index is 0.0424. The maximum Gasteiger partial charge on any atom is 0.0951 e. The van der Waals surface area contributed by atoms with E-state index in [-0.39, 0.29) is 6.04 Å². The van der Waals surface area contributed by atoms with Crippen molar-refractivity contribution in [3.8, 4) is 0 Å². The van der Waals surface area contributed by atoms with Gasteiger partial charge in [-0.1, -0.05) is 12.1 Å². The highest BCUT2D eigenvalue weighted by Gasteiger charge is 2.28. The first kappa shape index (κ1) is 13.3. The van der Waals surface area contributed by atoms with Gasteiger partial charge in [-0.05, 0) is 49.9 Å². The van der Waals surface area contributed by atoms with Gasteiger partial charge in [0.25, 0.3) is 0 Å². The molecule has 1 aliphatic heterocycles. The van der Waals surface area contributed by atoms with E-state index in [0.29, 0.717) is 6.42 Å². The minimum Gasteiger partial charge on any atom is -0.399 e. The first-order chi connectivity index (χ1) is 8.66. The highest BCUT2D eigenvalue weighted by molar-refractivity contribution is 5.40. The number of rotatable bonds is 5. The predicted octanol–water partition coefficient (Wildman–Crippen LogP) is 0.675. The second kappa shape index (κ2) is 6.18. The molecule has 3 atom stereocenters. The van der Waals surface area contributed by atoms with E-state index >= 15 is 0 Å². The van der Waals surface area contributed by atoms with Crippen molar-refractivity contribution in [1.82, 2.24) is 5.32 Å². The number of aliphatic hydroxyl groups is 2. The topological polar surface area (TPSA) is 78.5 Å². The normalized spacial score (nSPS) is 22.9. The molecule has 1 aromatic rings. The van der Waals surface area contributed by atoms with Gasteiger partial charge >= 0.3 is 0 Å². The zero-order valence-corrected chi connectivity index (χ0v) is 10.5. The number of hydrogen-bond acceptors (Lipinski definition) is 4. The number of anilines is 1. The first-order valence-electron chi connectivity index (χ1n) is 6.61. The van der Waals surface area contributed by atoms with Crippen molar-refractivity contribution < 1.29 is 10.2 Å². The second-order valence-corrected chi connectivity index (χ2v) is 5.04. The minimum atomic E-state index is -0.679. The molecule has 0 bridgehead atoms. The Kier molecular flexibility index (Phi) is 4.58. The van der Waals surface area contributed by atoms with Crippen molar-refractivity contribution in [3.05, 3.63) is 29.8 Å². The van der Waals surface area contributed by atoms with Crippen molar-refractivity contribution >= 4 is 5.69 Å². The van der Waals surface area contributed by atoms with E-state index in [2.05, 4.69) is 5.32 Å². The van der Waals surface area contributed by atoms with Gasteiger partial charge in [0.05, 0.1) is 12.2 Å². The summed E-state index contributed by atoms with van der Waals surface area (Å²) < 4.78 is 0. The van der Waals surface area contributed by atoms with Crippen LogP contribution < -0.4 is 11.1 Å². The fourth-order valence-corrected chi connectivity index (χ4v) is 2.51. The highest BCUT2D eigenvalue weighted by atomic mass is 16.3. The third kappa shape index (κ3) is 3.45. The summed E-state index contributed by atoms with van der Waals surface area (Å²) in [4.78, 5) is 0. The molecule has 0 saturated carbocycles. The van der Waals surface area contributed by atoms with E-state index < -0.39 is 12.2 Å². The molecule has 4 heteroatoms. The molecule has 0 amide bonds. The van der Waals surface area contributed by atoms with Gasteiger partial charge in [-0.2, -0.15) is 0 Å². The summed E-state index contributed by atoms with van der Waals surface area (Å²) in [5.41, 5.74) is 7.54. The van der Waals surface area contributed by atoms with Crippen LogP contribution in [0.15, 0.2) is 24.3 Å². The van der Waals surface area contributed by atoms with Crippen LogP contribution in [-0.4, -0.2) is 35.0 Å². The first-order valence-corrected chi connectivity index (χ1v) is 6.61. The van der Waals surface area contributed by atoms with Crippen molar-refractivity contribution in [2.75, 3.05) is 12.3 Å². The molecule has 0 radical (unpaired) electrons. The summed E-state index contributed by atoms with van der Waals surface area (Å²) in [6, 6.07) is 7.69. The van der Waals surface area contributed by atoms with Gasteiger partial charge in [0, 0.05) is 11.7 Å². The third-order valence-electron chi connectivity index (χ3n) is 3.58. The maximum atomic E-state index is 10.0. The van der Waals surface area contributed by atoms with E-state index in [9.17, 15) is 10.2 Å². The Bertz CT molecular complexity index is 378. The van der Waals surface area contributed by atoms with Crippen molar-refractivity contribution in [2.24, 2.45) is 0 Å². The van der Waals surface area contributed by atoms with E-state index in [0.717, 1.165) is 37.1 Å². The fourth-order valence-electron chi connectivity index (χ4n) is 2.51. The van der Waals surface area contributed by atoms with Gasteiger partial charge in [-0.25, -0.2) is 0 Å². The molecular weight excluding hydrogens is 228 g/mol. The molecule has 0 unspecified atom stereocenters. The summed E-state index contributed by atoms with van der Waals surface area (Å²) in [5, 5.41) is 23.2. The number of nitrogen functional groups attached to an aromatic ring is 1. The second-order valence-electron chi connectivity index (χ2n) is 5.04. The number of benzene rings is 1. The highest BCUT2D eigenvalue weighted by Crippen LogP contribution is 2.16. The van der Waals surface area contributed by atoms with Crippen molar-refractivity contribution in [1.29, 1.82) is 0 Å². The summed E-state index contributed by atoms with van der Waals surface area (Å²) in [6.07, 6.45) is 1.95. The van der Waals surface area contributed by atoms with E-state index in [1.165, 1.54) is 0 Å². The van der Waals surface area contributed by atoms with Gasteiger partial charge in [-0.15, -0.1) is 0 Å². The van der Waals surface area contributed by atoms with Crippen LogP contribution in [0.1, 0.15) is 24.8 Å². The van der Waals surface area contributed by atoms with Crippen molar-refractivity contribution in [3.63, 3.8) is 0 Å². The number of nitrogens with two attached hydrogens (primary N) is 1. The summed E-state index contributed by atoms with van der Waals surface area (Å²) in [6.45, 7) is 0.934. The Hall–Kier alpha value is -1.10. The lowest BCUT2D eigenvalue weighted by molar-refractivity contribution is -0.00399. The average molecular weight is 250 g/mol. The quantitative estimate of drug-likeness (QED) is 0.579. The fraction of sp³-hybridized carbons (Fsp3) is 0.571. The van der Waals surface area contributed by atoms with Crippen LogP contribution in [0.2, 0.25) is 0 Å². The molecule has 1 heterocycles. The molecule has 18 heavy (non-hydrogen) atoms. The summed E-state index contributed by atoms with van der Waals surface area (Å²) in [7, 11) is 0. The zero-order chi connectivity index (χ0) is 13.0. The molecule has 5 N–H and O–H groups in total. The SMILES string of the molecule is Nc1cccc(CC[C@@H](O)[C@@H](O)[C@@H]2CCCN2)c1. The van der Waals surface area contributed by atoms with Crippen LogP contribution in [0.3, 0.4) is 0 Å². The van der Waals surface area contributed by atoms with Crippen LogP contribution in [0.4, 0.5) is 5.69 Å². The van der Waals surface area contributed by atoms with Crippen LogP contribution in [0, 0.1) is 0 Å². The third-order valence-corrected chi connectivity index (χ3v) is 3.58. The van der Waals surface area contributed by atoms with E-state index in [4.69, 9.17) is 5.73 Å². The molecule has 4 nitrogen and oxygen atoms in total. The largest absolute Gasteiger partial charge is 0.399 e. The molecule has 2 rings (SSSR count). The van der Waals surface area contributed by atoms with Crippen LogP contribution in [0.5, 0.6) is 0 Å². The predicted molar refractivity (Wildman–Crippen MR) is 72.2 cm³/mol. The van der Waals surface area contributed by atoms with E-state index in [1.54, 1.807) is 0 Å². The molecule has 1 saturated heterocycles. The lowest BCUT2D eigenvalue weighted by atomic mass is 9.98. The Morgan fingerprint density at radius 2 is 2.22 bits per heavy atom. The molecule has 1 fully saturated rings. The van der Waals surface area contributed by atoms with Gasteiger partial charge in [-0.3, -0.25) is 0 Å². The molecule has 1 aromatic carbocycles. The molecule has 1 aliphatic rings. The number of aryl methyl sites for hydroxylation is 1. The molecular formula is C14H22N2O2. The Balaban J connectivity index is 1.82. The number of aliphatic hydroxyl groups excluding tert-OH is 2. The van der Waals surface area contributed by atoms with Crippen molar-refractivity contribution in [2.45, 2.75) is 43.9 Å². The summed E-state index contributed by atoms with van der Waals surface area (Å²) >= 11 is 0. The summed E-state index contributed by atoms with van der Waals surface area (Å²) in [5.74, 6) is 0. The van der Waals surface area contributed by atoms with Crippen LogP contribution in [0.25, 0.3) is 0 Å². The lowest BCUT2D eigenvalue weighted by Gasteiger charge is -2.23. The molecule has 0 aromatic heterocycles. The van der Waals surface area contributed by atoms with E-state index in [1.807, 2.05) is 24.3 Å². The number of nitrogens with one attached hydrogen (secondary N) is 1. The monoisotopic (exact) mass is 250 g/mol. The van der Waals surface area contributed by atoms with Crippen LogP contribution in [-0.2, 0) is 6.42 Å². The standard InChI is InChI=1S/C14H22N2O2/c15-11-4-1-3-10(9-11)6-7-13(17)14(18)12-5-2-8-16-12/h1,3-4,9,12-14,16-18H,2,5-8,15H2/t12-,13+,14-/m0/s1. The van der Waals surface area contributed by atoms with Gasteiger partial charge in [0.1, 0.15) is 0 Å². The maximum absolute atomic E-state index is 10.0. The lowest BCUT2D eigenvalue weighted by Crippen LogP contribution is -2.42. The average Bonchev–Trinajstić information content (AvgIpc) is 2.89. The Morgan fingerprint density at radius 1 is 1.39 bits per heavy atom.